The summed E-state index contributed by atoms with van der Waals surface area (Å²) < 4.78 is 28.1. The monoisotopic (exact) mass is 381 g/mol. The van der Waals surface area contributed by atoms with Gasteiger partial charge in [0.05, 0.1) is 3.79 Å². The van der Waals surface area contributed by atoms with Crippen LogP contribution in [0.25, 0.3) is 0 Å². The second-order valence-corrected chi connectivity index (χ2v) is 9.54. The average molecular weight is 382 g/mol. The summed E-state index contributed by atoms with van der Waals surface area (Å²) in [5, 5.41) is 0. The number of hydrogen-bond donors (Lipinski definition) is 2. The minimum absolute atomic E-state index is 0.0355. The van der Waals surface area contributed by atoms with E-state index in [1.165, 1.54) is 11.3 Å². The highest BCUT2D eigenvalue weighted by atomic mass is 79.9. The summed E-state index contributed by atoms with van der Waals surface area (Å²) in [6, 6.07) is 1.64. The van der Waals surface area contributed by atoms with E-state index in [2.05, 4.69) is 25.6 Å². The molecule has 0 amide bonds. The molecule has 0 saturated heterocycles. The van der Waals surface area contributed by atoms with Crippen LogP contribution in [0.1, 0.15) is 24.1 Å². The Hall–Kier alpha value is 0.01000. The molecule has 0 spiro atoms. The Morgan fingerprint density at radius 1 is 1.50 bits per heavy atom. The number of halogens is 1. The second-order valence-electron chi connectivity index (χ2n) is 5.35. The van der Waals surface area contributed by atoms with Gasteiger partial charge < -0.3 is 10.6 Å². The highest BCUT2D eigenvalue weighted by Crippen LogP contribution is 2.36. The van der Waals surface area contributed by atoms with Gasteiger partial charge in [-0.25, -0.2) is 13.1 Å². The third kappa shape index (κ3) is 3.10. The van der Waals surface area contributed by atoms with E-state index in [1.54, 1.807) is 6.07 Å². The highest BCUT2D eigenvalue weighted by molar-refractivity contribution is 9.11. The Kier molecular flexibility index (Phi) is 4.93. The van der Waals surface area contributed by atoms with Crippen LogP contribution in [0.2, 0.25) is 0 Å². The zero-order chi connectivity index (χ0) is 15.0. The number of likely N-dealkylation sites (N-methyl/N-ethyl adjacent to an activating group) is 1. The quantitative estimate of drug-likeness (QED) is 0.786. The first kappa shape index (κ1) is 16.4. The molecule has 1 aliphatic carbocycles. The summed E-state index contributed by atoms with van der Waals surface area (Å²) in [4.78, 5) is 3.26. The molecule has 0 radical (unpaired) electrons. The molecule has 5 nitrogen and oxygen atoms in total. The molecule has 1 aromatic heterocycles. The van der Waals surface area contributed by atoms with Crippen molar-refractivity contribution >= 4 is 37.3 Å². The summed E-state index contributed by atoms with van der Waals surface area (Å²) >= 11 is 4.67. The van der Waals surface area contributed by atoms with E-state index in [0.717, 1.165) is 24.1 Å². The van der Waals surface area contributed by atoms with Crippen LogP contribution in [0, 0.1) is 0 Å². The summed E-state index contributed by atoms with van der Waals surface area (Å²) in [5.74, 6) is 0. The van der Waals surface area contributed by atoms with Crippen molar-refractivity contribution in [2.24, 2.45) is 5.73 Å². The molecule has 1 heterocycles. The number of hydrogen-bond acceptors (Lipinski definition) is 5. The summed E-state index contributed by atoms with van der Waals surface area (Å²) in [5.41, 5.74) is 5.52. The number of nitrogens with two attached hydrogens (primary N) is 1. The smallest absolute Gasteiger partial charge is 0.242 e. The number of sulfonamides is 1. The van der Waals surface area contributed by atoms with Gasteiger partial charge in [0.1, 0.15) is 4.90 Å². The summed E-state index contributed by atoms with van der Waals surface area (Å²) in [7, 11) is 0.509. The molecule has 0 bridgehead atoms. The van der Waals surface area contributed by atoms with Crippen molar-refractivity contribution in [3.05, 3.63) is 14.7 Å². The number of nitrogens with one attached hydrogen (secondary N) is 1. The summed E-state index contributed by atoms with van der Waals surface area (Å²) in [6.45, 7) is 0.795. The minimum Gasteiger partial charge on any atom is -0.326 e. The van der Waals surface area contributed by atoms with E-state index in [0.29, 0.717) is 16.9 Å². The van der Waals surface area contributed by atoms with E-state index in [9.17, 15) is 8.42 Å². The van der Waals surface area contributed by atoms with Crippen molar-refractivity contribution < 1.29 is 8.42 Å². The van der Waals surface area contributed by atoms with Crippen LogP contribution < -0.4 is 10.5 Å². The van der Waals surface area contributed by atoms with Gasteiger partial charge in [-0.05, 0) is 55.4 Å². The van der Waals surface area contributed by atoms with E-state index in [1.807, 2.05) is 14.1 Å². The van der Waals surface area contributed by atoms with Gasteiger partial charge in [0.25, 0.3) is 0 Å². The first-order valence-corrected chi connectivity index (χ1v) is 9.55. The van der Waals surface area contributed by atoms with E-state index >= 15 is 0 Å². The third-order valence-corrected chi connectivity index (χ3v) is 7.70. The topological polar surface area (TPSA) is 75.4 Å². The molecule has 1 aromatic rings. The van der Waals surface area contributed by atoms with Gasteiger partial charge >= 0.3 is 0 Å². The lowest BCUT2D eigenvalue weighted by molar-refractivity contribution is 0.0657. The van der Waals surface area contributed by atoms with Gasteiger partial charge in [-0.3, -0.25) is 0 Å². The maximum Gasteiger partial charge on any atom is 0.242 e. The van der Waals surface area contributed by atoms with E-state index in [-0.39, 0.29) is 10.4 Å². The molecule has 1 saturated carbocycles. The van der Waals surface area contributed by atoms with Crippen molar-refractivity contribution in [3.8, 4) is 0 Å². The van der Waals surface area contributed by atoms with Gasteiger partial charge in [0.15, 0.2) is 0 Å². The predicted octanol–water partition coefficient (Wildman–Crippen LogP) is 1.73. The van der Waals surface area contributed by atoms with Crippen molar-refractivity contribution in [3.63, 3.8) is 0 Å². The van der Waals surface area contributed by atoms with Crippen LogP contribution in [0.5, 0.6) is 0 Å². The van der Waals surface area contributed by atoms with Crippen molar-refractivity contribution in [2.45, 2.75) is 36.2 Å². The maximum absolute atomic E-state index is 12.4. The minimum atomic E-state index is -3.49. The number of nitrogens with zero attached hydrogens (tertiary/aromatic N) is 1. The van der Waals surface area contributed by atoms with Gasteiger partial charge in [-0.15, -0.1) is 11.3 Å². The molecule has 114 valence electrons. The van der Waals surface area contributed by atoms with E-state index in [4.69, 9.17) is 5.73 Å². The van der Waals surface area contributed by atoms with E-state index < -0.39 is 10.0 Å². The van der Waals surface area contributed by atoms with Crippen LogP contribution in [-0.2, 0) is 16.6 Å². The lowest BCUT2D eigenvalue weighted by Crippen LogP contribution is -2.57. The first-order valence-electron chi connectivity index (χ1n) is 6.46. The van der Waals surface area contributed by atoms with Crippen LogP contribution in [0.3, 0.4) is 0 Å². The molecular formula is C12H20BrN3O2S2. The molecule has 0 aliphatic heterocycles. The standard InChI is InChI=1S/C12H20BrN3O2S2/c1-16(2)12(4-3-5-12)8-15-20(17,18)10-6-9(7-14)19-11(10)13/h6,15H,3-5,7-8,14H2,1-2H3. The molecule has 1 aliphatic rings. The molecule has 1 fully saturated rings. The third-order valence-electron chi connectivity index (χ3n) is 4.02. The first-order chi connectivity index (χ1) is 9.31. The predicted molar refractivity (Wildman–Crippen MR) is 85.4 cm³/mol. The van der Waals surface area contributed by atoms with Crippen molar-refractivity contribution in [2.75, 3.05) is 20.6 Å². The second kappa shape index (κ2) is 6.02. The SMILES string of the molecule is CN(C)C1(CNS(=O)(=O)c2cc(CN)sc2Br)CCC1. The van der Waals surface area contributed by atoms with Gasteiger partial charge in [0, 0.05) is 23.5 Å². The van der Waals surface area contributed by atoms with Gasteiger partial charge in [-0.1, -0.05) is 0 Å². The van der Waals surface area contributed by atoms with Crippen molar-refractivity contribution in [1.82, 2.24) is 9.62 Å². The molecule has 0 unspecified atom stereocenters. The highest BCUT2D eigenvalue weighted by Gasteiger charge is 2.40. The molecule has 3 N–H and O–H groups in total. The van der Waals surface area contributed by atoms with Gasteiger partial charge in [-0.2, -0.15) is 0 Å². The molecule has 0 atom stereocenters. The maximum atomic E-state index is 12.4. The van der Waals surface area contributed by atoms with Crippen LogP contribution in [-0.4, -0.2) is 39.5 Å². The largest absolute Gasteiger partial charge is 0.326 e. The fraction of sp³-hybridized carbons (Fsp3) is 0.667. The lowest BCUT2D eigenvalue weighted by Gasteiger charge is -2.47. The Morgan fingerprint density at radius 3 is 2.55 bits per heavy atom. The fourth-order valence-electron chi connectivity index (χ4n) is 2.36. The van der Waals surface area contributed by atoms with Crippen LogP contribution in [0.15, 0.2) is 14.7 Å². The fourth-order valence-corrected chi connectivity index (χ4v) is 6.03. The number of rotatable bonds is 6. The molecule has 2 rings (SSSR count). The molecule has 8 heteroatoms. The zero-order valence-corrected chi connectivity index (χ0v) is 14.9. The van der Waals surface area contributed by atoms with Crippen molar-refractivity contribution in [1.29, 1.82) is 0 Å². The summed E-state index contributed by atoms with van der Waals surface area (Å²) in [6.07, 6.45) is 3.21. The Morgan fingerprint density at radius 2 is 2.15 bits per heavy atom. The molecule has 0 aromatic carbocycles. The number of thiophene rings is 1. The Bertz CT molecular complexity index is 580. The molecular weight excluding hydrogens is 362 g/mol. The normalized spacial score (nSPS) is 18.2. The Balaban J connectivity index is 2.13. The van der Waals surface area contributed by atoms with Gasteiger partial charge in [0.2, 0.25) is 10.0 Å². The van der Waals surface area contributed by atoms with Crippen LogP contribution in [0.4, 0.5) is 0 Å². The lowest BCUT2D eigenvalue weighted by atomic mass is 9.76. The van der Waals surface area contributed by atoms with Crippen LogP contribution >= 0.6 is 27.3 Å². The zero-order valence-electron chi connectivity index (χ0n) is 11.6. The molecule has 20 heavy (non-hydrogen) atoms. The average Bonchev–Trinajstić information content (AvgIpc) is 2.69. The Labute approximate surface area is 132 Å².